The number of hydrogen-bond donors (Lipinski definition) is 2. The maximum Gasteiger partial charge on any atom is 0.258 e. The first-order valence-corrected chi connectivity index (χ1v) is 12.2. The van der Waals surface area contributed by atoms with Crippen molar-refractivity contribution in [3.05, 3.63) is 59.4 Å². The van der Waals surface area contributed by atoms with E-state index >= 15 is 0 Å². The topological polar surface area (TPSA) is 76.9 Å². The molecule has 2 aromatic carbocycles. The molecular formula is C28H40FN3O3. The van der Waals surface area contributed by atoms with Crippen molar-refractivity contribution in [3.63, 3.8) is 0 Å². The molecule has 35 heavy (non-hydrogen) atoms. The lowest BCUT2D eigenvalue weighted by Crippen LogP contribution is -2.35. The molecule has 2 N–H and O–H groups in total. The zero-order valence-electron chi connectivity index (χ0n) is 21.9. The highest BCUT2D eigenvalue weighted by Gasteiger charge is 2.20. The molecule has 0 bridgehead atoms. The monoisotopic (exact) mass is 485 g/mol. The second-order valence-corrected chi connectivity index (χ2v) is 9.83. The summed E-state index contributed by atoms with van der Waals surface area (Å²) in [4.78, 5) is 16.4. The maximum absolute atomic E-state index is 14.9. The molecule has 0 spiro atoms. The minimum absolute atomic E-state index is 0.0158. The van der Waals surface area contributed by atoms with Gasteiger partial charge in [0, 0.05) is 48.6 Å². The van der Waals surface area contributed by atoms with Crippen molar-refractivity contribution in [3.8, 4) is 5.75 Å². The Balaban J connectivity index is 2.02. The van der Waals surface area contributed by atoms with Crippen LogP contribution < -0.4 is 9.64 Å². The van der Waals surface area contributed by atoms with Crippen LogP contribution in [0.1, 0.15) is 69.3 Å². The van der Waals surface area contributed by atoms with E-state index in [1.54, 1.807) is 57.3 Å². The number of carbonyl (C=O) groups is 1. The van der Waals surface area contributed by atoms with Gasteiger partial charge in [0.15, 0.2) is 0 Å². The standard InChI is InChI=1S/C28H40FN3O3/c1-7-8-17-35-23-12-9-21(10-13-23)27(33)32(6)22-11-14-24(25(29)19-22)26(30)18-20(2)31(5)16-15-28(3,4)34/h9-14,19-20,30,34H,7-8,15-18H2,1-6H3/t20-/m1/s1. The summed E-state index contributed by atoms with van der Waals surface area (Å²) in [7, 11) is 3.54. The molecule has 0 aromatic heterocycles. The highest BCUT2D eigenvalue weighted by molar-refractivity contribution is 6.06. The van der Waals surface area contributed by atoms with E-state index in [2.05, 4.69) is 11.8 Å². The smallest absolute Gasteiger partial charge is 0.258 e. The second-order valence-electron chi connectivity index (χ2n) is 9.83. The molecule has 0 radical (unpaired) electrons. The number of halogens is 1. The Hall–Kier alpha value is -2.77. The lowest BCUT2D eigenvalue weighted by molar-refractivity contribution is 0.0569. The van der Waals surface area contributed by atoms with Crippen molar-refractivity contribution < 1.29 is 19.0 Å². The van der Waals surface area contributed by atoms with Gasteiger partial charge in [0.25, 0.3) is 5.91 Å². The first kappa shape index (κ1) is 28.5. The van der Waals surface area contributed by atoms with Crippen LogP contribution in [0.15, 0.2) is 42.5 Å². The van der Waals surface area contributed by atoms with Gasteiger partial charge in [-0.1, -0.05) is 13.3 Å². The molecule has 192 valence electrons. The predicted molar refractivity (Wildman–Crippen MR) is 140 cm³/mol. The first-order chi connectivity index (χ1) is 16.4. The fraction of sp³-hybridized carbons (Fsp3) is 0.500. The molecule has 0 fully saturated rings. The van der Waals surface area contributed by atoms with E-state index in [0.717, 1.165) is 12.8 Å². The minimum atomic E-state index is -0.753. The van der Waals surface area contributed by atoms with Crippen LogP contribution in [0.5, 0.6) is 5.75 Å². The van der Waals surface area contributed by atoms with E-state index < -0.39 is 11.4 Å². The van der Waals surface area contributed by atoms with E-state index in [4.69, 9.17) is 10.1 Å². The number of nitrogens with zero attached hydrogens (tertiary/aromatic N) is 2. The average molecular weight is 486 g/mol. The van der Waals surface area contributed by atoms with Crippen LogP contribution in [-0.2, 0) is 0 Å². The van der Waals surface area contributed by atoms with E-state index in [0.29, 0.717) is 43.0 Å². The van der Waals surface area contributed by atoms with Gasteiger partial charge in [0.1, 0.15) is 11.6 Å². The summed E-state index contributed by atoms with van der Waals surface area (Å²) in [6.45, 7) is 8.94. The number of unbranched alkanes of at least 4 members (excludes halogenated alkanes) is 1. The third-order valence-corrected chi connectivity index (χ3v) is 6.17. The van der Waals surface area contributed by atoms with Crippen LogP contribution in [0, 0.1) is 11.2 Å². The van der Waals surface area contributed by atoms with Gasteiger partial charge in [-0.3, -0.25) is 4.79 Å². The first-order valence-electron chi connectivity index (χ1n) is 12.2. The number of nitrogens with one attached hydrogen (secondary N) is 1. The third kappa shape index (κ3) is 8.75. The fourth-order valence-electron chi connectivity index (χ4n) is 3.53. The van der Waals surface area contributed by atoms with Gasteiger partial charge in [-0.25, -0.2) is 4.39 Å². The summed E-state index contributed by atoms with van der Waals surface area (Å²) < 4.78 is 20.6. The average Bonchev–Trinajstić information content (AvgIpc) is 2.81. The molecule has 2 rings (SSSR count). The Morgan fingerprint density at radius 1 is 1.17 bits per heavy atom. The molecule has 0 aliphatic rings. The molecular weight excluding hydrogens is 445 g/mol. The SMILES string of the molecule is CCCCOc1ccc(C(=O)N(C)c2ccc(C(=N)C[C@@H](C)N(C)CCC(C)(C)O)c(F)c2)cc1. The number of ether oxygens (including phenoxy) is 1. The normalized spacial score (nSPS) is 12.5. The minimum Gasteiger partial charge on any atom is -0.494 e. The van der Waals surface area contributed by atoms with Crippen LogP contribution in [-0.4, -0.2) is 60.5 Å². The zero-order chi connectivity index (χ0) is 26.2. The summed E-state index contributed by atoms with van der Waals surface area (Å²) >= 11 is 0. The Labute approximate surface area is 209 Å². The number of benzene rings is 2. The second kappa shape index (κ2) is 12.8. The van der Waals surface area contributed by atoms with E-state index in [9.17, 15) is 14.3 Å². The number of aliphatic hydroxyl groups is 1. The Morgan fingerprint density at radius 3 is 2.40 bits per heavy atom. The van der Waals surface area contributed by atoms with Crippen LogP contribution in [0.4, 0.5) is 10.1 Å². The van der Waals surface area contributed by atoms with Crippen molar-refractivity contribution in [2.45, 2.75) is 65.0 Å². The number of hydrogen-bond acceptors (Lipinski definition) is 5. The van der Waals surface area contributed by atoms with E-state index in [1.807, 2.05) is 14.0 Å². The largest absolute Gasteiger partial charge is 0.494 e. The Kier molecular flexibility index (Phi) is 10.4. The summed E-state index contributed by atoms with van der Waals surface area (Å²) in [5.74, 6) is -0.0703. The highest BCUT2D eigenvalue weighted by atomic mass is 19.1. The van der Waals surface area contributed by atoms with E-state index in [1.165, 1.54) is 11.0 Å². The van der Waals surface area contributed by atoms with Crippen LogP contribution in [0.25, 0.3) is 0 Å². The molecule has 0 aliphatic carbocycles. The van der Waals surface area contributed by atoms with Crippen LogP contribution in [0.2, 0.25) is 0 Å². The van der Waals surface area contributed by atoms with Gasteiger partial charge in [0.05, 0.1) is 12.2 Å². The summed E-state index contributed by atoms with van der Waals surface area (Å²) in [6, 6.07) is 11.5. The molecule has 6 nitrogen and oxygen atoms in total. The van der Waals surface area contributed by atoms with Gasteiger partial charge >= 0.3 is 0 Å². The quantitative estimate of drug-likeness (QED) is 0.289. The van der Waals surface area contributed by atoms with Gasteiger partial charge in [-0.15, -0.1) is 0 Å². The number of rotatable bonds is 13. The van der Waals surface area contributed by atoms with Gasteiger partial charge < -0.3 is 25.1 Å². The summed E-state index contributed by atoms with van der Waals surface area (Å²) in [5, 5.41) is 18.3. The van der Waals surface area contributed by atoms with Crippen LogP contribution >= 0.6 is 0 Å². The Bertz CT molecular complexity index is 986. The Morgan fingerprint density at radius 2 is 1.83 bits per heavy atom. The van der Waals surface area contributed by atoms with Crippen molar-refractivity contribution in [2.75, 3.05) is 32.1 Å². The van der Waals surface area contributed by atoms with Crippen molar-refractivity contribution in [2.24, 2.45) is 0 Å². The maximum atomic E-state index is 14.9. The molecule has 0 aliphatic heterocycles. The third-order valence-electron chi connectivity index (χ3n) is 6.17. The molecule has 0 unspecified atom stereocenters. The van der Waals surface area contributed by atoms with E-state index in [-0.39, 0.29) is 23.2 Å². The molecule has 0 saturated heterocycles. The highest BCUT2D eigenvalue weighted by Crippen LogP contribution is 2.22. The molecule has 0 heterocycles. The summed E-state index contributed by atoms with van der Waals surface area (Å²) in [5.41, 5.74) is 0.575. The lowest BCUT2D eigenvalue weighted by atomic mass is 10.0. The van der Waals surface area contributed by atoms with Gasteiger partial charge in [0.2, 0.25) is 0 Å². The lowest BCUT2D eigenvalue weighted by Gasteiger charge is -2.28. The van der Waals surface area contributed by atoms with Crippen molar-refractivity contribution >= 4 is 17.3 Å². The molecule has 2 aromatic rings. The number of amides is 1. The molecule has 0 saturated carbocycles. The van der Waals surface area contributed by atoms with Crippen LogP contribution in [0.3, 0.4) is 0 Å². The number of carbonyl (C=O) groups excluding carboxylic acids is 1. The van der Waals surface area contributed by atoms with Crippen molar-refractivity contribution in [1.82, 2.24) is 4.90 Å². The van der Waals surface area contributed by atoms with Crippen molar-refractivity contribution in [1.29, 1.82) is 5.41 Å². The van der Waals surface area contributed by atoms with Gasteiger partial charge in [-0.2, -0.15) is 0 Å². The summed E-state index contributed by atoms with van der Waals surface area (Å²) in [6.07, 6.45) is 3.01. The molecule has 7 heteroatoms. The van der Waals surface area contributed by atoms with Gasteiger partial charge in [-0.05, 0) is 83.1 Å². The zero-order valence-corrected chi connectivity index (χ0v) is 21.9. The molecule has 1 atom stereocenters. The fourth-order valence-corrected chi connectivity index (χ4v) is 3.53. The molecule has 1 amide bonds. The predicted octanol–water partition coefficient (Wildman–Crippen LogP) is 5.52. The number of anilines is 1.